The number of fused-ring (bicyclic) bond motifs is 1. The van der Waals surface area contributed by atoms with Gasteiger partial charge in [-0.25, -0.2) is 4.98 Å². The van der Waals surface area contributed by atoms with E-state index in [4.69, 9.17) is 5.26 Å². The molecule has 0 aliphatic carbocycles. The minimum absolute atomic E-state index is 0.666. The number of nitrogens with one attached hydrogen (secondary N) is 1. The van der Waals surface area contributed by atoms with E-state index in [2.05, 4.69) is 63.2 Å². The summed E-state index contributed by atoms with van der Waals surface area (Å²) in [6.45, 7) is 5.55. The van der Waals surface area contributed by atoms with Crippen molar-refractivity contribution in [3.8, 4) is 28.3 Å². The summed E-state index contributed by atoms with van der Waals surface area (Å²) in [5.74, 6) is 0. The van der Waals surface area contributed by atoms with Gasteiger partial charge in [0, 0.05) is 61.6 Å². The predicted octanol–water partition coefficient (Wildman–Crippen LogP) is 4.52. The van der Waals surface area contributed by atoms with E-state index in [1.807, 2.05) is 36.7 Å². The number of rotatable bonds is 4. The van der Waals surface area contributed by atoms with Crippen LogP contribution in [0.2, 0.25) is 0 Å². The molecule has 0 spiro atoms. The Kier molecular flexibility index (Phi) is 5.25. The minimum atomic E-state index is 0.666. The number of benzene rings is 2. The fraction of sp³-hybridized carbons (Fsp3) is 0.231. The van der Waals surface area contributed by atoms with Crippen molar-refractivity contribution >= 4 is 11.0 Å². The van der Waals surface area contributed by atoms with Crippen molar-refractivity contribution in [1.29, 1.82) is 5.26 Å². The molecule has 3 heterocycles. The van der Waals surface area contributed by atoms with Gasteiger partial charge in [0.05, 0.1) is 11.6 Å². The summed E-state index contributed by atoms with van der Waals surface area (Å²) >= 11 is 0. The number of nitriles is 1. The van der Waals surface area contributed by atoms with Gasteiger partial charge in [0.1, 0.15) is 5.65 Å². The number of hydrogen-bond acceptors (Lipinski definition) is 4. The second kappa shape index (κ2) is 8.35. The Bertz CT molecular complexity index is 1220. The normalized spacial score (nSPS) is 15.2. The number of nitrogens with zero attached hydrogens (tertiary/aromatic N) is 4. The lowest BCUT2D eigenvalue weighted by Crippen LogP contribution is -2.43. The molecule has 1 aliphatic heterocycles. The average molecular weight is 408 g/mol. The Morgan fingerprint density at radius 3 is 2.35 bits per heavy atom. The molecule has 154 valence electrons. The summed E-state index contributed by atoms with van der Waals surface area (Å²) in [4.78, 5) is 12.8. The van der Waals surface area contributed by atoms with Crippen LogP contribution in [0, 0.1) is 11.3 Å². The first-order chi connectivity index (χ1) is 15.2. The van der Waals surface area contributed by atoms with E-state index in [0.717, 1.165) is 60.4 Å². The molecular weight excluding hydrogens is 382 g/mol. The summed E-state index contributed by atoms with van der Waals surface area (Å²) in [5.41, 5.74) is 7.33. The van der Waals surface area contributed by atoms with Crippen LogP contribution in [0.5, 0.6) is 0 Å². The molecule has 1 aliphatic rings. The summed E-state index contributed by atoms with van der Waals surface area (Å²) < 4.78 is 0. The molecule has 0 amide bonds. The highest BCUT2D eigenvalue weighted by Crippen LogP contribution is 2.31. The maximum Gasteiger partial charge on any atom is 0.137 e. The van der Waals surface area contributed by atoms with Crippen LogP contribution in [0.3, 0.4) is 0 Å². The lowest BCUT2D eigenvalue weighted by molar-refractivity contribution is 0.148. The van der Waals surface area contributed by atoms with Crippen LogP contribution >= 0.6 is 0 Å². The van der Waals surface area contributed by atoms with Gasteiger partial charge in [-0.1, -0.05) is 36.4 Å². The molecule has 0 bridgehead atoms. The van der Waals surface area contributed by atoms with E-state index >= 15 is 0 Å². The zero-order valence-electron chi connectivity index (χ0n) is 17.7. The molecule has 0 radical (unpaired) electrons. The highest BCUT2D eigenvalue weighted by atomic mass is 15.2. The van der Waals surface area contributed by atoms with E-state index in [9.17, 15) is 0 Å². The summed E-state index contributed by atoms with van der Waals surface area (Å²) in [6.07, 6.45) is 3.92. The first-order valence-electron chi connectivity index (χ1n) is 10.7. The molecule has 1 saturated heterocycles. The van der Waals surface area contributed by atoms with Crippen LogP contribution < -0.4 is 0 Å². The van der Waals surface area contributed by atoms with Gasteiger partial charge in [0.2, 0.25) is 0 Å². The maximum absolute atomic E-state index is 9.04. The summed E-state index contributed by atoms with van der Waals surface area (Å²) in [6, 6.07) is 20.9. The Labute approximate surface area is 182 Å². The zero-order valence-corrected chi connectivity index (χ0v) is 17.7. The van der Waals surface area contributed by atoms with E-state index in [0.29, 0.717) is 5.56 Å². The zero-order chi connectivity index (χ0) is 21.2. The standard InChI is InChI=1S/C26H25N5/c1-30-10-12-31(13-11-30)18-20-4-6-21(7-5-20)23-14-24-25(17-29-26(24)28-16-23)22-8-2-19(15-27)3-9-22/h2-9,14,16-17H,10-13,18H2,1H3,(H,28,29). The van der Waals surface area contributed by atoms with Gasteiger partial charge in [-0.2, -0.15) is 5.26 Å². The van der Waals surface area contributed by atoms with Gasteiger partial charge >= 0.3 is 0 Å². The number of H-pyrrole nitrogens is 1. The summed E-state index contributed by atoms with van der Waals surface area (Å²) in [7, 11) is 2.19. The first kappa shape index (κ1) is 19.5. The first-order valence-corrected chi connectivity index (χ1v) is 10.7. The fourth-order valence-electron chi connectivity index (χ4n) is 4.19. The van der Waals surface area contributed by atoms with Gasteiger partial charge in [-0.15, -0.1) is 0 Å². The van der Waals surface area contributed by atoms with Crippen LogP contribution in [0.1, 0.15) is 11.1 Å². The molecule has 1 N–H and O–H groups in total. The van der Waals surface area contributed by atoms with Crippen molar-refractivity contribution in [3.05, 3.63) is 78.1 Å². The number of hydrogen-bond donors (Lipinski definition) is 1. The van der Waals surface area contributed by atoms with Crippen molar-refractivity contribution in [2.75, 3.05) is 33.2 Å². The molecule has 0 saturated carbocycles. The van der Waals surface area contributed by atoms with Crippen molar-refractivity contribution < 1.29 is 0 Å². The van der Waals surface area contributed by atoms with E-state index in [1.165, 1.54) is 11.1 Å². The number of aromatic amines is 1. The lowest BCUT2D eigenvalue weighted by atomic mass is 10.0. The van der Waals surface area contributed by atoms with Crippen LogP contribution in [0.15, 0.2) is 67.0 Å². The lowest BCUT2D eigenvalue weighted by Gasteiger charge is -2.32. The molecule has 2 aromatic carbocycles. The molecule has 31 heavy (non-hydrogen) atoms. The van der Waals surface area contributed by atoms with Crippen molar-refractivity contribution in [3.63, 3.8) is 0 Å². The van der Waals surface area contributed by atoms with Crippen LogP contribution in [0.4, 0.5) is 0 Å². The number of piperazine rings is 1. The summed E-state index contributed by atoms with van der Waals surface area (Å²) in [5, 5.41) is 10.1. The average Bonchev–Trinajstić information content (AvgIpc) is 3.24. The van der Waals surface area contributed by atoms with Crippen LogP contribution in [-0.2, 0) is 6.54 Å². The molecule has 5 rings (SSSR count). The molecular formula is C26H25N5. The number of likely N-dealkylation sites (N-methyl/N-ethyl adjacent to an activating group) is 1. The van der Waals surface area contributed by atoms with E-state index in [-0.39, 0.29) is 0 Å². The van der Waals surface area contributed by atoms with Gasteiger partial charge in [0.15, 0.2) is 0 Å². The van der Waals surface area contributed by atoms with E-state index in [1.54, 1.807) is 0 Å². The second-order valence-corrected chi connectivity index (χ2v) is 8.29. The molecule has 0 unspecified atom stereocenters. The number of aromatic nitrogens is 2. The molecule has 5 heteroatoms. The molecule has 1 fully saturated rings. The third-order valence-corrected chi connectivity index (χ3v) is 6.15. The Hall–Kier alpha value is -3.46. The molecule has 5 nitrogen and oxygen atoms in total. The highest BCUT2D eigenvalue weighted by Gasteiger charge is 2.14. The van der Waals surface area contributed by atoms with E-state index < -0.39 is 0 Å². The van der Waals surface area contributed by atoms with Gasteiger partial charge in [-0.05, 0) is 41.9 Å². The smallest absolute Gasteiger partial charge is 0.137 e. The number of pyridine rings is 1. The highest BCUT2D eigenvalue weighted by molar-refractivity contribution is 5.95. The monoisotopic (exact) mass is 407 g/mol. The SMILES string of the molecule is CN1CCN(Cc2ccc(-c3cnc4[nH]cc(-c5ccc(C#N)cc5)c4c3)cc2)CC1. The van der Waals surface area contributed by atoms with Crippen molar-refractivity contribution in [2.45, 2.75) is 6.54 Å². The van der Waals surface area contributed by atoms with Gasteiger partial charge < -0.3 is 9.88 Å². The minimum Gasteiger partial charge on any atom is -0.346 e. The van der Waals surface area contributed by atoms with Crippen LogP contribution in [0.25, 0.3) is 33.3 Å². The third-order valence-electron chi connectivity index (χ3n) is 6.15. The quantitative estimate of drug-likeness (QED) is 0.541. The van der Waals surface area contributed by atoms with Crippen LogP contribution in [-0.4, -0.2) is 53.0 Å². The third kappa shape index (κ3) is 4.09. The molecule has 0 atom stereocenters. The Morgan fingerprint density at radius 2 is 1.65 bits per heavy atom. The maximum atomic E-state index is 9.04. The fourth-order valence-corrected chi connectivity index (χ4v) is 4.19. The molecule has 4 aromatic rings. The largest absolute Gasteiger partial charge is 0.346 e. The van der Waals surface area contributed by atoms with Gasteiger partial charge in [0.25, 0.3) is 0 Å². The topological polar surface area (TPSA) is 58.9 Å². The van der Waals surface area contributed by atoms with Crippen molar-refractivity contribution in [1.82, 2.24) is 19.8 Å². The second-order valence-electron chi connectivity index (χ2n) is 8.29. The molecule has 2 aromatic heterocycles. The van der Waals surface area contributed by atoms with Gasteiger partial charge in [-0.3, -0.25) is 4.90 Å². The Morgan fingerprint density at radius 1 is 0.935 bits per heavy atom. The predicted molar refractivity (Wildman–Crippen MR) is 124 cm³/mol. The Balaban J connectivity index is 1.39. The van der Waals surface area contributed by atoms with Crippen molar-refractivity contribution in [2.24, 2.45) is 0 Å².